The third-order valence-electron chi connectivity index (χ3n) is 0.540. The monoisotopic (exact) mass is 123 g/mol. The van der Waals surface area contributed by atoms with E-state index in [-0.39, 0.29) is 6.54 Å². The van der Waals surface area contributed by atoms with Gasteiger partial charge in [0.05, 0.1) is 6.54 Å². The van der Waals surface area contributed by atoms with E-state index in [0.717, 1.165) is 6.21 Å². The lowest BCUT2D eigenvalue weighted by atomic mass is 10.6. The highest BCUT2D eigenvalue weighted by molar-refractivity contribution is 6.23. The lowest BCUT2D eigenvalue weighted by Gasteiger charge is -1.86. The van der Waals surface area contributed by atoms with Gasteiger partial charge in [-0.2, -0.15) is 4.79 Å². The highest BCUT2D eigenvalue weighted by Gasteiger charge is 1.95. The number of nitrogens with zero attached hydrogens (tertiary/aromatic N) is 2. The van der Waals surface area contributed by atoms with Gasteiger partial charge >= 0.3 is 12.1 Å². The summed E-state index contributed by atoms with van der Waals surface area (Å²) in [6.45, 7) is 0.144. The molecule has 0 radical (unpaired) electrons. The van der Waals surface area contributed by atoms with E-state index >= 15 is 0 Å². The van der Waals surface area contributed by atoms with E-state index in [1.54, 1.807) is 0 Å². The van der Waals surface area contributed by atoms with Gasteiger partial charge in [0, 0.05) is 0 Å². The first kappa shape index (κ1) is 7.41. The molecule has 9 heavy (non-hydrogen) atoms. The largest absolute Gasteiger partial charge is 0.361 e. The summed E-state index contributed by atoms with van der Waals surface area (Å²) in [6, 6.07) is 0. The van der Waals surface area contributed by atoms with Crippen LogP contribution in [0.4, 0.5) is 0 Å². The summed E-state index contributed by atoms with van der Waals surface area (Å²) in [5.74, 6) is 1.68. The van der Waals surface area contributed by atoms with Gasteiger partial charge in [0.1, 0.15) is 0 Å². The Balaban J connectivity index is 3.54. The van der Waals surface area contributed by atoms with Crippen LogP contribution in [0.15, 0.2) is 0 Å². The first-order valence-electron chi connectivity index (χ1n) is 2.20. The van der Waals surface area contributed by atoms with Crippen molar-refractivity contribution in [2.75, 3.05) is 6.54 Å². The minimum atomic E-state index is -0.504. The number of carbonyl (C=O) groups excluding carboxylic acids is 1. The van der Waals surface area contributed by atoms with Gasteiger partial charge in [-0.15, -0.1) is 6.42 Å². The molecule has 0 aliphatic heterocycles. The molecule has 0 spiro atoms. The molecule has 0 fully saturated rings. The van der Waals surface area contributed by atoms with E-state index in [4.69, 9.17) is 12.0 Å². The van der Waals surface area contributed by atoms with Gasteiger partial charge in [-0.3, -0.25) is 4.79 Å². The van der Waals surface area contributed by atoms with E-state index in [1.165, 1.54) is 0 Å². The summed E-state index contributed by atoms with van der Waals surface area (Å²) >= 11 is 0. The number of rotatable bonds is 2. The molecule has 0 aliphatic rings. The molecule has 0 aromatic heterocycles. The van der Waals surface area contributed by atoms with Crippen LogP contribution in [-0.4, -0.2) is 23.5 Å². The second kappa shape index (κ2) is 4.57. The topological polar surface area (TPSA) is 65.5 Å². The van der Waals surface area contributed by atoms with Crippen molar-refractivity contribution in [1.29, 1.82) is 0 Å². The van der Waals surface area contributed by atoms with Crippen molar-refractivity contribution >= 4 is 12.1 Å². The Morgan fingerprint density at radius 2 is 2.67 bits per heavy atom. The van der Waals surface area contributed by atoms with Gasteiger partial charge in [-0.1, -0.05) is 5.92 Å². The summed E-state index contributed by atoms with van der Waals surface area (Å²) in [4.78, 5) is 12.8. The Morgan fingerprint density at radius 3 is 3.11 bits per heavy atom. The fourth-order valence-corrected chi connectivity index (χ4v) is 0.236. The first-order valence-corrected chi connectivity index (χ1v) is 2.20. The average molecular weight is 123 g/mol. The average Bonchev–Trinajstić information content (AvgIpc) is 1.85. The second-order valence-electron chi connectivity index (χ2n) is 1.17. The van der Waals surface area contributed by atoms with Crippen LogP contribution in [0, 0.1) is 12.3 Å². The maximum absolute atomic E-state index is 10.3. The maximum atomic E-state index is 10.3. The predicted molar refractivity (Wildman–Crippen MR) is 31.5 cm³/mol. The van der Waals surface area contributed by atoms with Crippen LogP contribution in [0.1, 0.15) is 0 Å². The van der Waals surface area contributed by atoms with Crippen molar-refractivity contribution in [1.82, 2.24) is 5.32 Å². The Labute approximate surface area is 52.5 Å². The number of carbonyl (C=O) groups is 1. The fourth-order valence-electron chi connectivity index (χ4n) is 0.236. The standard InChI is InChI=1S/C5H5N3O/c1-2-3-7-5(9)4-8-6/h1,4H,3H2,(H,7,9). The molecule has 0 rings (SSSR count). The number of hydrogen-bond acceptors (Lipinski definition) is 1. The van der Waals surface area contributed by atoms with Gasteiger partial charge in [0.2, 0.25) is 0 Å². The highest BCUT2D eigenvalue weighted by atomic mass is 16.1. The molecule has 0 aliphatic carbocycles. The maximum Gasteiger partial charge on any atom is 0.344 e. The van der Waals surface area contributed by atoms with E-state index in [0.29, 0.717) is 0 Å². The Hall–Kier alpha value is -1.59. The molecule has 4 heteroatoms. The second-order valence-corrected chi connectivity index (χ2v) is 1.17. The lowest BCUT2D eigenvalue weighted by molar-refractivity contribution is -0.117. The van der Waals surface area contributed by atoms with Crippen molar-refractivity contribution in [2.24, 2.45) is 0 Å². The smallest absolute Gasteiger partial charge is 0.344 e. The summed E-state index contributed by atoms with van der Waals surface area (Å²) in [5, 5.41) is 2.25. The molecule has 0 heterocycles. The highest BCUT2D eigenvalue weighted by Crippen LogP contribution is 1.53. The minimum Gasteiger partial charge on any atom is -0.361 e. The van der Waals surface area contributed by atoms with Crippen molar-refractivity contribution in [3.8, 4) is 12.3 Å². The third kappa shape index (κ3) is 4.26. The molecule has 46 valence electrons. The van der Waals surface area contributed by atoms with Crippen molar-refractivity contribution < 1.29 is 9.58 Å². The Bertz CT molecular complexity index is 185. The van der Waals surface area contributed by atoms with Crippen molar-refractivity contribution in [3.63, 3.8) is 0 Å². The van der Waals surface area contributed by atoms with Crippen LogP contribution in [0.2, 0.25) is 0 Å². The molecular weight excluding hydrogens is 118 g/mol. The molecule has 0 unspecified atom stereocenters. The van der Waals surface area contributed by atoms with E-state index in [2.05, 4.69) is 16.0 Å². The minimum absolute atomic E-state index is 0.144. The van der Waals surface area contributed by atoms with Crippen LogP contribution >= 0.6 is 0 Å². The summed E-state index contributed by atoms with van der Waals surface area (Å²) in [5.41, 5.74) is 7.79. The molecule has 0 bridgehead atoms. The number of terminal acetylenes is 1. The first-order chi connectivity index (χ1) is 4.31. The molecule has 1 amide bonds. The quantitative estimate of drug-likeness (QED) is 0.218. The van der Waals surface area contributed by atoms with Gasteiger partial charge in [0.15, 0.2) is 0 Å². The van der Waals surface area contributed by atoms with Crippen LogP contribution in [0.5, 0.6) is 0 Å². The molecular formula is C5H5N3O. The Morgan fingerprint density at radius 1 is 2.00 bits per heavy atom. The zero-order valence-corrected chi connectivity index (χ0v) is 4.66. The summed E-state index contributed by atoms with van der Waals surface area (Å²) in [7, 11) is 0. The SMILES string of the molecule is C#CCNC(=O)C=[N+]=[N-]. The number of hydrogen-bond donors (Lipinski definition) is 1. The van der Waals surface area contributed by atoms with Gasteiger partial charge in [0.25, 0.3) is 0 Å². The normalized spacial score (nSPS) is 6.56. The van der Waals surface area contributed by atoms with E-state index in [9.17, 15) is 4.79 Å². The molecule has 0 atom stereocenters. The summed E-state index contributed by atoms with van der Waals surface area (Å²) in [6.07, 6.45) is 5.53. The number of nitrogens with one attached hydrogen (secondary N) is 1. The summed E-state index contributed by atoms with van der Waals surface area (Å²) < 4.78 is 0. The van der Waals surface area contributed by atoms with Gasteiger partial charge < -0.3 is 10.8 Å². The van der Waals surface area contributed by atoms with Crippen LogP contribution < -0.4 is 5.32 Å². The van der Waals surface area contributed by atoms with Gasteiger partial charge in [-0.05, 0) is 0 Å². The number of amides is 1. The molecule has 4 nitrogen and oxygen atoms in total. The van der Waals surface area contributed by atoms with Crippen LogP contribution in [0.3, 0.4) is 0 Å². The van der Waals surface area contributed by atoms with E-state index in [1.807, 2.05) is 0 Å². The molecule has 0 aromatic carbocycles. The molecule has 0 saturated carbocycles. The third-order valence-corrected chi connectivity index (χ3v) is 0.540. The zero-order valence-electron chi connectivity index (χ0n) is 4.66. The molecule has 0 aromatic rings. The fraction of sp³-hybridized carbons (Fsp3) is 0.200. The van der Waals surface area contributed by atoms with E-state index < -0.39 is 5.91 Å². The van der Waals surface area contributed by atoms with Gasteiger partial charge in [-0.25, -0.2) is 0 Å². The van der Waals surface area contributed by atoms with Crippen molar-refractivity contribution in [2.45, 2.75) is 0 Å². The predicted octanol–water partition coefficient (Wildman–Crippen LogP) is -0.964. The lowest BCUT2D eigenvalue weighted by Crippen LogP contribution is -2.24. The Kier molecular flexibility index (Phi) is 3.76. The zero-order chi connectivity index (χ0) is 7.11. The van der Waals surface area contributed by atoms with Crippen LogP contribution in [0.25, 0.3) is 5.53 Å². The molecule has 0 saturated heterocycles. The van der Waals surface area contributed by atoms with Crippen LogP contribution in [-0.2, 0) is 4.79 Å². The van der Waals surface area contributed by atoms with Crippen molar-refractivity contribution in [3.05, 3.63) is 5.53 Å². The molecule has 1 N–H and O–H groups in total.